The van der Waals surface area contributed by atoms with Crippen molar-refractivity contribution in [3.05, 3.63) is 78.1 Å². The van der Waals surface area contributed by atoms with Crippen LogP contribution in [0.1, 0.15) is 11.3 Å². The quantitative estimate of drug-likeness (QED) is 0.510. The van der Waals surface area contributed by atoms with E-state index in [4.69, 9.17) is 14.1 Å². The Labute approximate surface area is 155 Å². The minimum absolute atomic E-state index is 0.268. The van der Waals surface area contributed by atoms with Crippen molar-refractivity contribution in [3.8, 4) is 11.5 Å². The van der Waals surface area contributed by atoms with Crippen molar-refractivity contribution < 1.29 is 21.6 Å². The highest BCUT2D eigenvalue weighted by atomic mass is 32.3. The predicted octanol–water partition coefficient (Wildman–Crippen LogP) is 3.66. The molecule has 0 unspecified atom stereocenters. The first-order chi connectivity index (χ1) is 13.0. The second-order valence-corrected chi connectivity index (χ2v) is 7.06. The zero-order valence-electron chi connectivity index (χ0n) is 14.1. The van der Waals surface area contributed by atoms with Crippen molar-refractivity contribution in [2.45, 2.75) is 13.2 Å². The van der Waals surface area contributed by atoms with Crippen LogP contribution in [0, 0.1) is 0 Å². The fourth-order valence-corrected chi connectivity index (χ4v) is 3.17. The van der Waals surface area contributed by atoms with Gasteiger partial charge in [-0.1, -0.05) is 48.5 Å². The standard InChI is InChI=1S/C19H16N2O5S/c22-27(23,24)25-13-15-10-11-18(26-15)19-16-8-4-5-9-17(16)21(20-19)12-14-6-2-1-3-7-14/h1-11H,12-13H2,(H,22,23,24). The van der Waals surface area contributed by atoms with E-state index in [0.29, 0.717) is 18.0 Å². The Morgan fingerprint density at radius 3 is 2.52 bits per heavy atom. The summed E-state index contributed by atoms with van der Waals surface area (Å²) in [5.41, 5.74) is 2.74. The number of hydrogen-bond donors (Lipinski definition) is 1. The summed E-state index contributed by atoms with van der Waals surface area (Å²) in [5, 5.41) is 5.61. The lowest BCUT2D eigenvalue weighted by atomic mass is 10.2. The van der Waals surface area contributed by atoms with Crippen LogP contribution >= 0.6 is 0 Å². The van der Waals surface area contributed by atoms with Gasteiger partial charge < -0.3 is 4.42 Å². The highest BCUT2D eigenvalue weighted by molar-refractivity contribution is 7.80. The maximum absolute atomic E-state index is 10.7. The summed E-state index contributed by atoms with van der Waals surface area (Å²) in [6.45, 7) is 0.224. The van der Waals surface area contributed by atoms with Gasteiger partial charge in [-0.15, -0.1) is 0 Å². The molecule has 0 saturated heterocycles. The van der Waals surface area contributed by atoms with Gasteiger partial charge in [0.2, 0.25) is 0 Å². The maximum Gasteiger partial charge on any atom is 0.397 e. The van der Waals surface area contributed by atoms with E-state index in [2.05, 4.69) is 4.18 Å². The molecule has 0 spiro atoms. The molecule has 2 heterocycles. The average Bonchev–Trinajstić information content (AvgIpc) is 3.26. The van der Waals surface area contributed by atoms with Crippen LogP contribution in [0.5, 0.6) is 0 Å². The number of para-hydroxylation sites is 1. The minimum Gasteiger partial charge on any atom is -0.457 e. The van der Waals surface area contributed by atoms with Gasteiger partial charge in [0.15, 0.2) is 5.76 Å². The van der Waals surface area contributed by atoms with E-state index in [-0.39, 0.29) is 12.4 Å². The molecule has 4 rings (SSSR count). The van der Waals surface area contributed by atoms with Crippen molar-refractivity contribution >= 4 is 21.3 Å². The average molecular weight is 384 g/mol. The zero-order chi connectivity index (χ0) is 18.9. The van der Waals surface area contributed by atoms with Gasteiger partial charge in [0.25, 0.3) is 0 Å². The molecule has 0 radical (unpaired) electrons. The Bertz CT molecular complexity index is 1180. The molecule has 1 N–H and O–H groups in total. The molecule has 0 saturated carbocycles. The molecule has 2 aromatic carbocycles. The number of rotatable bonds is 6. The molecule has 0 fully saturated rings. The largest absolute Gasteiger partial charge is 0.457 e. The van der Waals surface area contributed by atoms with Crippen LogP contribution in [0.4, 0.5) is 0 Å². The van der Waals surface area contributed by atoms with Gasteiger partial charge in [0.1, 0.15) is 18.1 Å². The van der Waals surface area contributed by atoms with E-state index in [1.54, 1.807) is 12.1 Å². The van der Waals surface area contributed by atoms with Crippen LogP contribution in [-0.4, -0.2) is 22.8 Å². The third kappa shape index (κ3) is 3.92. The first-order valence-corrected chi connectivity index (χ1v) is 9.56. The van der Waals surface area contributed by atoms with Crippen molar-refractivity contribution in [2.24, 2.45) is 0 Å². The minimum atomic E-state index is -4.52. The van der Waals surface area contributed by atoms with Crippen LogP contribution in [0.15, 0.2) is 71.1 Å². The fraction of sp³-hybridized carbons (Fsp3) is 0.105. The van der Waals surface area contributed by atoms with E-state index < -0.39 is 10.4 Å². The lowest BCUT2D eigenvalue weighted by molar-refractivity contribution is 0.238. The molecule has 2 aromatic heterocycles. The summed E-state index contributed by atoms with van der Waals surface area (Å²) in [7, 11) is -4.52. The van der Waals surface area contributed by atoms with Crippen molar-refractivity contribution in [1.29, 1.82) is 0 Å². The van der Waals surface area contributed by atoms with E-state index >= 15 is 0 Å². The van der Waals surface area contributed by atoms with Gasteiger partial charge in [-0.2, -0.15) is 13.5 Å². The molecule has 138 valence electrons. The summed E-state index contributed by atoms with van der Waals surface area (Å²) < 4.78 is 42.0. The van der Waals surface area contributed by atoms with Crippen molar-refractivity contribution in [3.63, 3.8) is 0 Å². The van der Waals surface area contributed by atoms with Crippen LogP contribution in [0.2, 0.25) is 0 Å². The molecular weight excluding hydrogens is 368 g/mol. The molecular formula is C19H16N2O5S. The van der Waals surface area contributed by atoms with Crippen LogP contribution in [0.25, 0.3) is 22.4 Å². The Hall–Kier alpha value is -2.94. The van der Waals surface area contributed by atoms with E-state index in [0.717, 1.165) is 16.5 Å². The van der Waals surface area contributed by atoms with Crippen LogP contribution < -0.4 is 0 Å². The lowest BCUT2D eigenvalue weighted by Gasteiger charge is -2.03. The molecule has 0 atom stereocenters. The second kappa shape index (κ2) is 6.99. The fourth-order valence-electron chi connectivity index (χ4n) is 2.90. The smallest absolute Gasteiger partial charge is 0.397 e. The Morgan fingerprint density at radius 1 is 1.00 bits per heavy atom. The first kappa shape index (κ1) is 17.5. The zero-order valence-corrected chi connectivity index (χ0v) is 15.0. The van der Waals surface area contributed by atoms with Gasteiger partial charge in [0.05, 0.1) is 12.1 Å². The summed E-state index contributed by atoms with van der Waals surface area (Å²) in [5.74, 6) is 0.760. The Balaban J connectivity index is 1.69. The monoisotopic (exact) mass is 384 g/mol. The highest BCUT2D eigenvalue weighted by Crippen LogP contribution is 2.30. The number of benzene rings is 2. The number of hydrogen-bond acceptors (Lipinski definition) is 5. The molecule has 0 aliphatic carbocycles. The third-order valence-corrected chi connectivity index (χ3v) is 4.49. The SMILES string of the molecule is O=S(=O)(O)OCc1ccc(-c2nn(Cc3ccccc3)c3ccccc23)o1. The number of furan rings is 1. The van der Waals surface area contributed by atoms with Gasteiger partial charge in [-0.3, -0.25) is 9.23 Å². The molecule has 7 nitrogen and oxygen atoms in total. The summed E-state index contributed by atoms with van der Waals surface area (Å²) in [6.07, 6.45) is 0. The summed E-state index contributed by atoms with van der Waals surface area (Å²) in [4.78, 5) is 0. The molecule has 4 aromatic rings. The molecule has 0 amide bonds. The molecule has 27 heavy (non-hydrogen) atoms. The predicted molar refractivity (Wildman–Crippen MR) is 99.3 cm³/mol. The van der Waals surface area contributed by atoms with E-state index in [1.165, 1.54) is 0 Å². The number of aromatic nitrogens is 2. The lowest BCUT2D eigenvalue weighted by Crippen LogP contribution is -2.02. The molecule has 0 bridgehead atoms. The summed E-state index contributed by atoms with van der Waals surface area (Å²) >= 11 is 0. The van der Waals surface area contributed by atoms with E-state index in [9.17, 15) is 8.42 Å². The van der Waals surface area contributed by atoms with Gasteiger partial charge in [-0.05, 0) is 23.8 Å². The van der Waals surface area contributed by atoms with Crippen LogP contribution in [0.3, 0.4) is 0 Å². The Kier molecular flexibility index (Phi) is 4.53. The molecule has 8 heteroatoms. The molecule has 0 aliphatic heterocycles. The second-order valence-electron chi connectivity index (χ2n) is 5.96. The topological polar surface area (TPSA) is 94.6 Å². The van der Waals surface area contributed by atoms with Crippen molar-refractivity contribution in [2.75, 3.05) is 0 Å². The van der Waals surface area contributed by atoms with Gasteiger partial charge in [0, 0.05) is 5.39 Å². The van der Waals surface area contributed by atoms with Crippen LogP contribution in [-0.2, 0) is 27.7 Å². The third-order valence-electron chi connectivity index (χ3n) is 4.08. The highest BCUT2D eigenvalue weighted by Gasteiger charge is 2.16. The first-order valence-electron chi connectivity index (χ1n) is 8.20. The normalized spacial score (nSPS) is 11.9. The van der Waals surface area contributed by atoms with Crippen molar-refractivity contribution in [1.82, 2.24) is 9.78 Å². The number of nitrogens with zero attached hydrogens (tertiary/aromatic N) is 2. The van der Waals surface area contributed by atoms with Gasteiger partial charge in [-0.25, -0.2) is 4.18 Å². The van der Waals surface area contributed by atoms with E-state index in [1.807, 2.05) is 59.3 Å². The molecule has 0 aliphatic rings. The number of fused-ring (bicyclic) bond motifs is 1. The Morgan fingerprint density at radius 2 is 1.74 bits per heavy atom. The maximum atomic E-state index is 10.7. The summed E-state index contributed by atoms with van der Waals surface area (Å²) in [6, 6.07) is 21.1. The van der Waals surface area contributed by atoms with Gasteiger partial charge >= 0.3 is 10.4 Å².